The maximum atomic E-state index is 12.0. The lowest BCUT2D eigenvalue weighted by Gasteiger charge is -2.29. The fourth-order valence-electron chi connectivity index (χ4n) is 2.47. The number of carbonyl (C=O) groups excluding carboxylic acids is 1. The summed E-state index contributed by atoms with van der Waals surface area (Å²) in [7, 11) is 0. The number of carbonyl (C=O) groups is 1. The van der Waals surface area contributed by atoms with Crippen LogP contribution in [0.5, 0.6) is 0 Å². The number of aromatic nitrogens is 1. The van der Waals surface area contributed by atoms with Crippen molar-refractivity contribution >= 4 is 11.7 Å². The van der Waals surface area contributed by atoms with E-state index in [1.54, 1.807) is 18.3 Å². The molecule has 19 heavy (non-hydrogen) atoms. The van der Waals surface area contributed by atoms with Crippen molar-refractivity contribution in [1.82, 2.24) is 15.2 Å². The van der Waals surface area contributed by atoms with Crippen molar-refractivity contribution in [3.63, 3.8) is 0 Å². The van der Waals surface area contributed by atoms with E-state index in [1.165, 1.54) is 19.3 Å². The summed E-state index contributed by atoms with van der Waals surface area (Å²) in [5, 5.41) is 3.01. The molecule has 5 heteroatoms. The van der Waals surface area contributed by atoms with Crippen LogP contribution in [0.4, 0.5) is 5.82 Å². The fourth-order valence-corrected chi connectivity index (χ4v) is 2.47. The van der Waals surface area contributed by atoms with E-state index in [1.807, 2.05) is 6.92 Å². The minimum atomic E-state index is -0.0846. The van der Waals surface area contributed by atoms with E-state index < -0.39 is 0 Å². The number of nitrogens with zero attached hydrogens (tertiary/aromatic N) is 2. The molecule has 104 valence electrons. The van der Waals surface area contributed by atoms with Crippen molar-refractivity contribution in [2.45, 2.75) is 32.2 Å². The molecule has 0 aliphatic carbocycles. The monoisotopic (exact) mass is 262 g/mol. The molecule has 1 aliphatic rings. The van der Waals surface area contributed by atoms with Gasteiger partial charge < -0.3 is 16.0 Å². The van der Waals surface area contributed by atoms with Gasteiger partial charge in [-0.2, -0.15) is 0 Å². The first kappa shape index (κ1) is 13.8. The van der Waals surface area contributed by atoms with Crippen molar-refractivity contribution < 1.29 is 4.79 Å². The minimum absolute atomic E-state index is 0.0846. The van der Waals surface area contributed by atoms with E-state index >= 15 is 0 Å². The summed E-state index contributed by atoms with van der Waals surface area (Å²) in [6.07, 6.45) is 5.41. The summed E-state index contributed by atoms with van der Waals surface area (Å²) >= 11 is 0. The molecule has 1 atom stereocenters. The molecule has 0 radical (unpaired) electrons. The molecule has 5 nitrogen and oxygen atoms in total. The topological polar surface area (TPSA) is 71.2 Å². The number of likely N-dealkylation sites (tertiary alicyclic amines) is 1. The lowest BCUT2D eigenvalue weighted by molar-refractivity contribution is 0.0925. The Hall–Kier alpha value is -1.62. The molecule has 1 saturated heterocycles. The number of rotatable bonds is 4. The molecule has 1 aliphatic heterocycles. The largest absolute Gasteiger partial charge is 0.384 e. The highest BCUT2D eigenvalue weighted by atomic mass is 16.1. The van der Waals surface area contributed by atoms with Gasteiger partial charge in [0.25, 0.3) is 5.91 Å². The number of pyridine rings is 1. The van der Waals surface area contributed by atoms with Crippen molar-refractivity contribution in [2.75, 3.05) is 25.4 Å². The lowest BCUT2D eigenvalue weighted by Crippen LogP contribution is -2.43. The van der Waals surface area contributed by atoms with E-state index in [0.717, 1.165) is 19.6 Å². The Balaban J connectivity index is 1.84. The Morgan fingerprint density at radius 3 is 2.89 bits per heavy atom. The summed E-state index contributed by atoms with van der Waals surface area (Å²) in [5.74, 6) is 0.287. The quantitative estimate of drug-likeness (QED) is 0.857. The molecular weight excluding hydrogens is 240 g/mol. The van der Waals surface area contributed by atoms with Gasteiger partial charge in [0.2, 0.25) is 0 Å². The van der Waals surface area contributed by atoms with E-state index in [9.17, 15) is 4.79 Å². The molecular formula is C14H22N4O. The van der Waals surface area contributed by atoms with E-state index in [4.69, 9.17) is 5.73 Å². The molecule has 3 N–H and O–H groups in total. The Bertz CT molecular complexity index is 429. The normalized spacial score (nSPS) is 17.9. The summed E-state index contributed by atoms with van der Waals surface area (Å²) in [6.45, 7) is 5.23. The Morgan fingerprint density at radius 1 is 1.47 bits per heavy atom. The Labute approximate surface area is 114 Å². The second kappa shape index (κ2) is 6.52. The van der Waals surface area contributed by atoms with Gasteiger partial charge in [0.15, 0.2) is 0 Å². The van der Waals surface area contributed by atoms with Crippen molar-refractivity contribution in [2.24, 2.45) is 0 Å². The molecule has 2 heterocycles. The standard InChI is InChI=1S/C14H22N4O/c1-11(10-18-7-3-2-4-8-18)17-14(19)12-5-6-16-13(15)9-12/h5-6,9,11H,2-4,7-8,10H2,1H3,(H2,15,16)(H,17,19). The number of anilines is 1. The molecule has 2 rings (SSSR count). The summed E-state index contributed by atoms with van der Waals surface area (Å²) < 4.78 is 0. The van der Waals surface area contributed by atoms with Gasteiger partial charge in [-0.05, 0) is 45.0 Å². The van der Waals surface area contributed by atoms with Gasteiger partial charge in [-0.15, -0.1) is 0 Å². The van der Waals surface area contributed by atoms with Gasteiger partial charge in [-0.25, -0.2) is 4.98 Å². The van der Waals surface area contributed by atoms with Crippen LogP contribution in [0.25, 0.3) is 0 Å². The zero-order chi connectivity index (χ0) is 13.7. The van der Waals surface area contributed by atoms with Gasteiger partial charge >= 0.3 is 0 Å². The van der Waals surface area contributed by atoms with Gasteiger partial charge in [-0.1, -0.05) is 6.42 Å². The first-order valence-corrected chi connectivity index (χ1v) is 6.90. The van der Waals surface area contributed by atoms with Gasteiger partial charge in [-0.3, -0.25) is 4.79 Å². The van der Waals surface area contributed by atoms with Gasteiger partial charge in [0.1, 0.15) is 5.82 Å². The van der Waals surface area contributed by atoms with Crippen LogP contribution in [-0.2, 0) is 0 Å². The molecule has 1 aromatic heterocycles. The molecule has 1 unspecified atom stereocenters. The van der Waals surface area contributed by atoms with Crippen molar-refractivity contribution in [3.8, 4) is 0 Å². The number of nitrogen functional groups attached to an aromatic ring is 1. The van der Waals surface area contributed by atoms with Crippen LogP contribution in [0.15, 0.2) is 18.3 Å². The van der Waals surface area contributed by atoms with E-state index in [0.29, 0.717) is 11.4 Å². The maximum absolute atomic E-state index is 12.0. The summed E-state index contributed by atoms with van der Waals surface area (Å²) in [6, 6.07) is 3.42. The second-order valence-electron chi connectivity index (χ2n) is 5.21. The highest BCUT2D eigenvalue weighted by Crippen LogP contribution is 2.09. The zero-order valence-electron chi connectivity index (χ0n) is 11.4. The van der Waals surface area contributed by atoms with E-state index in [2.05, 4.69) is 15.2 Å². The number of hydrogen-bond donors (Lipinski definition) is 2. The molecule has 0 bridgehead atoms. The van der Waals surface area contributed by atoms with Crippen LogP contribution >= 0.6 is 0 Å². The molecule has 1 amide bonds. The lowest BCUT2D eigenvalue weighted by atomic mass is 10.1. The smallest absolute Gasteiger partial charge is 0.251 e. The number of piperidine rings is 1. The highest BCUT2D eigenvalue weighted by Gasteiger charge is 2.15. The number of nitrogens with one attached hydrogen (secondary N) is 1. The first-order valence-electron chi connectivity index (χ1n) is 6.90. The molecule has 0 aromatic carbocycles. The highest BCUT2D eigenvalue weighted by molar-refractivity contribution is 5.94. The first-order chi connectivity index (χ1) is 9.15. The van der Waals surface area contributed by atoms with Crippen LogP contribution in [-0.4, -0.2) is 41.5 Å². The maximum Gasteiger partial charge on any atom is 0.251 e. The van der Waals surface area contributed by atoms with Crippen molar-refractivity contribution in [1.29, 1.82) is 0 Å². The van der Waals surface area contributed by atoms with Crippen LogP contribution in [0.1, 0.15) is 36.5 Å². The third-order valence-electron chi connectivity index (χ3n) is 3.40. The number of nitrogens with two attached hydrogens (primary N) is 1. The van der Waals surface area contributed by atoms with Crippen LogP contribution in [0.3, 0.4) is 0 Å². The molecule has 1 aromatic rings. The second-order valence-corrected chi connectivity index (χ2v) is 5.21. The minimum Gasteiger partial charge on any atom is -0.384 e. The predicted molar refractivity (Wildman–Crippen MR) is 75.9 cm³/mol. The predicted octanol–water partition coefficient (Wildman–Crippen LogP) is 1.27. The Kier molecular flexibility index (Phi) is 4.74. The summed E-state index contributed by atoms with van der Waals surface area (Å²) in [5.41, 5.74) is 6.14. The SMILES string of the molecule is CC(CN1CCCCC1)NC(=O)c1ccnc(N)c1. The molecule has 0 spiro atoms. The zero-order valence-corrected chi connectivity index (χ0v) is 11.4. The molecule has 1 fully saturated rings. The average molecular weight is 262 g/mol. The van der Waals surface area contributed by atoms with Crippen LogP contribution in [0.2, 0.25) is 0 Å². The molecule has 0 saturated carbocycles. The van der Waals surface area contributed by atoms with Crippen LogP contribution in [0, 0.1) is 0 Å². The fraction of sp³-hybridized carbons (Fsp3) is 0.571. The van der Waals surface area contributed by atoms with Crippen molar-refractivity contribution in [3.05, 3.63) is 23.9 Å². The third-order valence-corrected chi connectivity index (χ3v) is 3.40. The number of hydrogen-bond acceptors (Lipinski definition) is 4. The van der Waals surface area contributed by atoms with E-state index in [-0.39, 0.29) is 11.9 Å². The summed E-state index contributed by atoms with van der Waals surface area (Å²) in [4.78, 5) is 18.3. The van der Waals surface area contributed by atoms with Gasteiger partial charge in [0, 0.05) is 24.3 Å². The number of amides is 1. The van der Waals surface area contributed by atoms with Gasteiger partial charge in [0.05, 0.1) is 0 Å². The van der Waals surface area contributed by atoms with Crippen LogP contribution < -0.4 is 11.1 Å². The average Bonchev–Trinajstić information content (AvgIpc) is 2.39. The Morgan fingerprint density at radius 2 is 2.21 bits per heavy atom. The third kappa shape index (κ3) is 4.21.